The summed E-state index contributed by atoms with van der Waals surface area (Å²) in [6.45, 7) is 2.37. The van der Waals surface area contributed by atoms with Gasteiger partial charge in [0.1, 0.15) is 17.2 Å². The third kappa shape index (κ3) is 2.89. The summed E-state index contributed by atoms with van der Waals surface area (Å²) in [6, 6.07) is 18.4. The molecule has 3 heterocycles. The van der Waals surface area contributed by atoms with Crippen molar-refractivity contribution < 1.29 is 14.3 Å². The van der Waals surface area contributed by atoms with Crippen molar-refractivity contribution in [1.29, 1.82) is 0 Å². The van der Waals surface area contributed by atoms with E-state index < -0.39 is 0 Å². The van der Waals surface area contributed by atoms with Gasteiger partial charge in [-0.1, -0.05) is 42.0 Å². The fourth-order valence-electron chi connectivity index (χ4n) is 3.86. The first kappa shape index (κ1) is 17.3. The van der Waals surface area contributed by atoms with E-state index in [-0.39, 0.29) is 17.7 Å². The van der Waals surface area contributed by atoms with Crippen LogP contribution in [0.15, 0.2) is 71.3 Å². The van der Waals surface area contributed by atoms with Crippen LogP contribution >= 0.6 is 0 Å². The average Bonchev–Trinajstić information content (AvgIpc) is 3.44. The summed E-state index contributed by atoms with van der Waals surface area (Å²) >= 11 is 0. The first-order valence-electron chi connectivity index (χ1n) is 9.39. The Bertz CT molecular complexity index is 1160. The summed E-state index contributed by atoms with van der Waals surface area (Å²) in [5.74, 6) is 0.763. The third-order valence-electron chi connectivity index (χ3n) is 5.30. The molecule has 0 spiro atoms. The van der Waals surface area contributed by atoms with Crippen LogP contribution in [0.3, 0.4) is 0 Å². The van der Waals surface area contributed by atoms with Gasteiger partial charge >= 0.3 is 0 Å². The van der Waals surface area contributed by atoms with Crippen LogP contribution in [0.5, 0.6) is 5.75 Å². The lowest BCUT2D eigenvalue weighted by Crippen LogP contribution is -2.28. The second-order valence-corrected chi connectivity index (χ2v) is 7.23. The molecule has 144 valence electrons. The number of aromatic hydroxyl groups is 1. The minimum Gasteiger partial charge on any atom is -0.508 e. The highest BCUT2D eigenvalue weighted by molar-refractivity contribution is 6.00. The summed E-state index contributed by atoms with van der Waals surface area (Å²) in [6.07, 6.45) is 1.60. The number of amides is 1. The molecule has 0 saturated carbocycles. The number of aryl methyl sites for hydroxylation is 1. The molecule has 29 heavy (non-hydrogen) atoms. The number of H-pyrrole nitrogens is 1. The number of hydrogen-bond acceptors (Lipinski definition) is 4. The van der Waals surface area contributed by atoms with Crippen molar-refractivity contribution in [3.8, 4) is 17.0 Å². The lowest BCUT2D eigenvalue weighted by molar-refractivity contribution is 0.0717. The molecule has 2 aromatic carbocycles. The zero-order chi connectivity index (χ0) is 20.0. The Balaban J connectivity index is 1.65. The maximum atomic E-state index is 13.2. The monoisotopic (exact) mass is 385 g/mol. The van der Waals surface area contributed by atoms with Gasteiger partial charge in [-0.25, -0.2) is 0 Å². The number of phenolic OH excluding ortho intramolecular Hbond substituents is 1. The minimum absolute atomic E-state index is 0.125. The molecular weight excluding hydrogens is 366 g/mol. The lowest BCUT2D eigenvalue weighted by atomic mass is 9.95. The number of rotatable bonds is 4. The van der Waals surface area contributed by atoms with E-state index in [4.69, 9.17) is 4.42 Å². The SMILES string of the molecule is Cc1ccc(-c2n[nH]c3c2C(c2ccc(O)cc2)N(Cc2ccco2)C3=O)cc1. The quantitative estimate of drug-likeness (QED) is 0.544. The van der Waals surface area contributed by atoms with E-state index >= 15 is 0 Å². The van der Waals surface area contributed by atoms with Crippen molar-refractivity contribution in [2.45, 2.75) is 19.5 Å². The van der Waals surface area contributed by atoms with Crippen molar-refractivity contribution in [1.82, 2.24) is 15.1 Å². The Morgan fingerprint density at radius 3 is 2.55 bits per heavy atom. The number of nitrogens with zero attached hydrogens (tertiary/aromatic N) is 2. The molecule has 1 atom stereocenters. The van der Waals surface area contributed by atoms with Gasteiger partial charge in [0.2, 0.25) is 0 Å². The summed E-state index contributed by atoms with van der Waals surface area (Å²) in [7, 11) is 0. The average molecular weight is 385 g/mol. The summed E-state index contributed by atoms with van der Waals surface area (Å²) < 4.78 is 5.49. The van der Waals surface area contributed by atoms with Gasteiger partial charge in [0.05, 0.1) is 24.5 Å². The van der Waals surface area contributed by atoms with E-state index in [9.17, 15) is 9.90 Å². The summed E-state index contributed by atoms with van der Waals surface area (Å²) in [5, 5.41) is 17.1. The predicted octanol–water partition coefficient (Wildman–Crippen LogP) is 4.43. The molecule has 0 bridgehead atoms. The summed E-state index contributed by atoms with van der Waals surface area (Å²) in [5.41, 5.74) is 5.10. The second kappa shape index (κ2) is 6.67. The maximum absolute atomic E-state index is 13.2. The molecule has 1 aliphatic rings. The van der Waals surface area contributed by atoms with Crippen LogP contribution in [-0.4, -0.2) is 26.1 Å². The minimum atomic E-state index is -0.335. The Morgan fingerprint density at radius 1 is 1.10 bits per heavy atom. The van der Waals surface area contributed by atoms with Crippen LogP contribution in [0.25, 0.3) is 11.3 Å². The number of carbonyl (C=O) groups excluding carboxylic acids is 1. The van der Waals surface area contributed by atoms with Gasteiger partial charge in [-0.15, -0.1) is 0 Å². The van der Waals surface area contributed by atoms with Crippen LogP contribution in [0.4, 0.5) is 0 Å². The number of phenols is 1. The molecule has 6 heteroatoms. The molecule has 5 rings (SSSR count). The molecule has 0 fully saturated rings. The van der Waals surface area contributed by atoms with Crippen LogP contribution in [0, 0.1) is 6.92 Å². The normalized spacial score (nSPS) is 15.7. The molecule has 0 radical (unpaired) electrons. The van der Waals surface area contributed by atoms with Crippen molar-refractivity contribution in [2.75, 3.05) is 0 Å². The highest BCUT2D eigenvalue weighted by Crippen LogP contribution is 2.43. The van der Waals surface area contributed by atoms with E-state index in [0.29, 0.717) is 18.0 Å². The molecule has 2 aromatic heterocycles. The molecule has 1 unspecified atom stereocenters. The number of hydrogen-bond donors (Lipinski definition) is 2. The van der Waals surface area contributed by atoms with Gasteiger partial charge < -0.3 is 14.4 Å². The largest absolute Gasteiger partial charge is 0.508 e. The fourth-order valence-corrected chi connectivity index (χ4v) is 3.86. The van der Waals surface area contributed by atoms with Crippen LogP contribution in [-0.2, 0) is 6.54 Å². The third-order valence-corrected chi connectivity index (χ3v) is 5.30. The van der Waals surface area contributed by atoms with Crippen LogP contribution in [0.2, 0.25) is 0 Å². The Hall–Kier alpha value is -3.80. The van der Waals surface area contributed by atoms with Crippen molar-refractivity contribution in [3.05, 3.63) is 95.1 Å². The molecule has 2 N–H and O–H groups in total. The molecular formula is C23H19N3O3. The van der Waals surface area contributed by atoms with E-state index in [1.165, 1.54) is 0 Å². The van der Waals surface area contributed by atoms with Crippen molar-refractivity contribution in [3.63, 3.8) is 0 Å². The Kier molecular flexibility index (Phi) is 3.98. The number of carbonyl (C=O) groups is 1. The van der Waals surface area contributed by atoms with Crippen LogP contribution < -0.4 is 0 Å². The topological polar surface area (TPSA) is 82.4 Å². The maximum Gasteiger partial charge on any atom is 0.273 e. The van der Waals surface area contributed by atoms with Gasteiger partial charge in [-0.05, 0) is 36.8 Å². The first-order valence-corrected chi connectivity index (χ1v) is 9.39. The second-order valence-electron chi connectivity index (χ2n) is 7.23. The van der Waals surface area contributed by atoms with E-state index in [2.05, 4.69) is 10.2 Å². The van der Waals surface area contributed by atoms with E-state index in [1.807, 2.05) is 55.5 Å². The number of aromatic amines is 1. The zero-order valence-electron chi connectivity index (χ0n) is 15.8. The molecule has 0 saturated heterocycles. The zero-order valence-corrected chi connectivity index (χ0v) is 15.8. The number of fused-ring (bicyclic) bond motifs is 1. The van der Waals surface area contributed by atoms with Crippen molar-refractivity contribution >= 4 is 5.91 Å². The Labute approximate surface area is 167 Å². The van der Waals surface area contributed by atoms with Gasteiger partial charge in [0, 0.05) is 11.1 Å². The first-order chi connectivity index (χ1) is 14.1. The highest BCUT2D eigenvalue weighted by Gasteiger charge is 2.42. The molecule has 1 aliphatic heterocycles. The van der Waals surface area contributed by atoms with E-state index in [1.54, 1.807) is 23.3 Å². The Morgan fingerprint density at radius 2 is 1.86 bits per heavy atom. The number of aromatic nitrogens is 2. The highest BCUT2D eigenvalue weighted by atomic mass is 16.3. The van der Waals surface area contributed by atoms with Gasteiger partial charge in [-0.2, -0.15) is 5.10 Å². The van der Waals surface area contributed by atoms with Crippen molar-refractivity contribution in [2.24, 2.45) is 0 Å². The number of furan rings is 1. The number of benzene rings is 2. The fraction of sp³-hybridized carbons (Fsp3) is 0.130. The predicted molar refractivity (Wildman–Crippen MR) is 107 cm³/mol. The molecule has 6 nitrogen and oxygen atoms in total. The molecule has 1 amide bonds. The summed E-state index contributed by atoms with van der Waals surface area (Å²) in [4.78, 5) is 15.0. The van der Waals surface area contributed by atoms with Gasteiger partial charge in [-0.3, -0.25) is 9.89 Å². The number of nitrogens with one attached hydrogen (secondary N) is 1. The molecule has 0 aliphatic carbocycles. The van der Waals surface area contributed by atoms with Gasteiger partial charge in [0.25, 0.3) is 5.91 Å². The standard InChI is InChI=1S/C23H19N3O3/c1-14-4-6-15(7-5-14)20-19-21(25-24-20)23(28)26(13-18-3-2-12-29-18)22(19)16-8-10-17(27)11-9-16/h2-12,22,27H,13H2,1H3,(H,24,25). The van der Waals surface area contributed by atoms with Crippen LogP contribution in [0.1, 0.15) is 39.0 Å². The molecule has 4 aromatic rings. The lowest BCUT2D eigenvalue weighted by Gasteiger charge is -2.25. The van der Waals surface area contributed by atoms with E-state index in [0.717, 1.165) is 27.9 Å². The smallest absolute Gasteiger partial charge is 0.273 e. The van der Waals surface area contributed by atoms with Gasteiger partial charge in [0.15, 0.2) is 0 Å².